The molecule has 82 valence electrons. The average Bonchev–Trinajstić information content (AvgIpc) is 2.48. The Morgan fingerprint density at radius 3 is 2.53 bits per heavy atom. The zero-order valence-corrected chi connectivity index (χ0v) is 9.93. The van der Waals surface area contributed by atoms with Gasteiger partial charge in [0.2, 0.25) is 0 Å². The summed E-state index contributed by atoms with van der Waals surface area (Å²) in [4.78, 5) is 0. The Kier molecular flexibility index (Phi) is 5.49. The molecule has 1 aliphatic rings. The Morgan fingerprint density at radius 2 is 1.73 bits per heavy atom. The fourth-order valence-corrected chi connectivity index (χ4v) is 2.10. The van der Waals surface area contributed by atoms with Crippen LogP contribution in [-0.2, 0) is 6.42 Å². The largest absolute Gasteiger partial charge is 0.147 e. The lowest BCUT2D eigenvalue weighted by atomic mass is 10.0. The van der Waals surface area contributed by atoms with Crippen LogP contribution in [0.1, 0.15) is 37.7 Å². The molecular formula is C14H19Cl. The van der Waals surface area contributed by atoms with Gasteiger partial charge in [0.15, 0.2) is 0 Å². The normalized spacial score (nSPS) is 16.1. The van der Waals surface area contributed by atoms with Crippen molar-refractivity contribution >= 4 is 12.4 Å². The maximum atomic E-state index is 2.46. The summed E-state index contributed by atoms with van der Waals surface area (Å²) in [5.74, 6) is 0. The van der Waals surface area contributed by atoms with Gasteiger partial charge >= 0.3 is 0 Å². The molecule has 0 saturated heterocycles. The van der Waals surface area contributed by atoms with Crippen LogP contribution in [0.25, 0.3) is 0 Å². The van der Waals surface area contributed by atoms with Crippen molar-refractivity contribution in [2.45, 2.75) is 38.5 Å². The highest BCUT2D eigenvalue weighted by atomic mass is 35.5. The lowest BCUT2D eigenvalue weighted by Gasteiger charge is -2.04. The molecule has 0 fully saturated rings. The van der Waals surface area contributed by atoms with Gasteiger partial charge in [0.1, 0.15) is 0 Å². The van der Waals surface area contributed by atoms with E-state index < -0.39 is 0 Å². The van der Waals surface area contributed by atoms with Crippen LogP contribution in [0.4, 0.5) is 0 Å². The SMILES string of the molecule is C1=C(Cc2ccccc2)CCCCC1.Cl. The predicted octanol–water partition coefficient (Wildman–Crippen LogP) is 4.54. The first kappa shape index (κ1) is 12.3. The van der Waals surface area contributed by atoms with Crippen molar-refractivity contribution in [3.63, 3.8) is 0 Å². The summed E-state index contributed by atoms with van der Waals surface area (Å²) in [5.41, 5.74) is 3.11. The molecule has 0 N–H and O–H groups in total. The molecule has 0 nitrogen and oxygen atoms in total. The summed E-state index contributed by atoms with van der Waals surface area (Å²) in [6.45, 7) is 0. The van der Waals surface area contributed by atoms with E-state index in [-0.39, 0.29) is 12.4 Å². The number of hydrogen-bond donors (Lipinski definition) is 0. The molecule has 1 heteroatoms. The van der Waals surface area contributed by atoms with Crippen LogP contribution in [0.3, 0.4) is 0 Å². The van der Waals surface area contributed by atoms with E-state index in [1.807, 2.05) is 0 Å². The van der Waals surface area contributed by atoms with E-state index in [2.05, 4.69) is 36.4 Å². The molecule has 0 radical (unpaired) electrons. The second kappa shape index (κ2) is 6.68. The summed E-state index contributed by atoms with van der Waals surface area (Å²) in [7, 11) is 0. The van der Waals surface area contributed by atoms with Gasteiger partial charge in [-0.25, -0.2) is 0 Å². The quantitative estimate of drug-likeness (QED) is 0.645. The Morgan fingerprint density at radius 1 is 0.933 bits per heavy atom. The van der Waals surface area contributed by atoms with Gasteiger partial charge in [0.05, 0.1) is 0 Å². The minimum absolute atomic E-state index is 0. The zero-order valence-electron chi connectivity index (χ0n) is 9.11. The third-order valence-electron chi connectivity index (χ3n) is 2.91. The second-order valence-electron chi connectivity index (χ2n) is 4.12. The molecule has 0 atom stereocenters. The van der Waals surface area contributed by atoms with Gasteiger partial charge in [-0.1, -0.05) is 48.4 Å². The highest BCUT2D eigenvalue weighted by molar-refractivity contribution is 5.85. The van der Waals surface area contributed by atoms with Crippen molar-refractivity contribution < 1.29 is 0 Å². The lowest BCUT2D eigenvalue weighted by Crippen LogP contribution is -1.89. The van der Waals surface area contributed by atoms with Gasteiger partial charge in [-0.05, 0) is 37.7 Å². The van der Waals surface area contributed by atoms with E-state index in [4.69, 9.17) is 0 Å². The lowest BCUT2D eigenvalue weighted by molar-refractivity contribution is 0.707. The molecule has 1 aromatic rings. The molecule has 0 aliphatic heterocycles. The number of hydrogen-bond acceptors (Lipinski definition) is 0. The minimum atomic E-state index is 0. The van der Waals surface area contributed by atoms with E-state index in [1.165, 1.54) is 44.1 Å². The monoisotopic (exact) mass is 222 g/mol. The van der Waals surface area contributed by atoms with Crippen molar-refractivity contribution in [1.82, 2.24) is 0 Å². The molecule has 0 heterocycles. The van der Waals surface area contributed by atoms with Gasteiger partial charge in [-0.3, -0.25) is 0 Å². The van der Waals surface area contributed by atoms with Crippen molar-refractivity contribution in [2.24, 2.45) is 0 Å². The molecule has 0 bridgehead atoms. The Labute approximate surface area is 98.8 Å². The van der Waals surface area contributed by atoms with Gasteiger partial charge in [-0.15, -0.1) is 12.4 Å². The Bertz CT molecular complexity index is 300. The van der Waals surface area contributed by atoms with Crippen LogP contribution in [0.2, 0.25) is 0 Å². The highest BCUT2D eigenvalue weighted by Gasteiger charge is 2.03. The van der Waals surface area contributed by atoms with Crippen LogP contribution < -0.4 is 0 Å². The molecule has 0 saturated carbocycles. The second-order valence-corrected chi connectivity index (χ2v) is 4.12. The van der Waals surface area contributed by atoms with Crippen LogP contribution in [0.15, 0.2) is 42.0 Å². The molecule has 1 aromatic carbocycles. The molecule has 15 heavy (non-hydrogen) atoms. The van der Waals surface area contributed by atoms with Crippen molar-refractivity contribution in [1.29, 1.82) is 0 Å². The molecule has 1 aliphatic carbocycles. The van der Waals surface area contributed by atoms with Gasteiger partial charge < -0.3 is 0 Å². The van der Waals surface area contributed by atoms with Gasteiger partial charge in [-0.2, -0.15) is 0 Å². The number of halogens is 1. The standard InChI is InChI=1S/C14H18.ClH/c1-2-5-9-13(8-4-1)12-14-10-6-3-7-11-14;/h3,6-8,10-11H,1-2,4-5,9,12H2;1H. The maximum absolute atomic E-state index is 2.46. The smallest absolute Gasteiger partial charge is 0.00671 e. The Hall–Kier alpha value is -0.750. The summed E-state index contributed by atoms with van der Waals surface area (Å²) < 4.78 is 0. The van der Waals surface area contributed by atoms with E-state index in [9.17, 15) is 0 Å². The predicted molar refractivity (Wildman–Crippen MR) is 68.6 cm³/mol. The van der Waals surface area contributed by atoms with Gasteiger partial charge in [0.25, 0.3) is 0 Å². The third kappa shape index (κ3) is 4.09. The van der Waals surface area contributed by atoms with Crippen molar-refractivity contribution in [2.75, 3.05) is 0 Å². The van der Waals surface area contributed by atoms with E-state index in [0.717, 1.165) is 0 Å². The maximum Gasteiger partial charge on any atom is -0.00671 e. The van der Waals surface area contributed by atoms with E-state index in [0.29, 0.717) is 0 Å². The molecule has 0 spiro atoms. The zero-order chi connectivity index (χ0) is 9.64. The van der Waals surface area contributed by atoms with Crippen LogP contribution in [-0.4, -0.2) is 0 Å². The number of benzene rings is 1. The summed E-state index contributed by atoms with van der Waals surface area (Å²) in [5, 5.41) is 0. The number of rotatable bonds is 2. The first-order valence-corrected chi connectivity index (χ1v) is 5.67. The number of allylic oxidation sites excluding steroid dienone is 2. The van der Waals surface area contributed by atoms with Crippen molar-refractivity contribution in [3.8, 4) is 0 Å². The van der Waals surface area contributed by atoms with E-state index >= 15 is 0 Å². The van der Waals surface area contributed by atoms with Crippen LogP contribution in [0, 0.1) is 0 Å². The molecule has 0 aromatic heterocycles. The Balaban J connectivity index is 0.00000112. The first-order chi connectivity index (χ1) is 6.95. The first-order valence-electron chi connectivity index (χ1n) is 5.67. The summed E-state index contributed by atoms with van der Waals surface area (Å²) >= 11 is 0. The minimum Gasteiger partial charge on any atom is -0.147 e. The van der Waals surface area contributed by atoms with Gasteiger partial charge in [0, 0.05) is 0 Å². The fourth-order valence-electron chi connectivity index (χ4n) is 2.10. The van der Waals surface area contributed by atoms with E-state index in [1.54, 1.807) is 5.57 Å². The van der Waals surface area contributed by atoms with Crippen LogP contribution >= 0.6 is 12.4 Å². The molecule has 0 amide bonds. The third-order valence-corrected chi connectivity index (χ3v) is 2.91. The molecule has 2 rings (SSSR count). The molecular weight excluding hydrogens is 204 g/mol. The summed E-state index contributed by atoms with van der Waals surface area (Å²) in [6.07, 6.45) is 10.4. The van der Waals surface area contributed by atoms with Crippen LogP contribution in [0.5, 0.6) is 0 Å². The topological polar surface area (TPSA) is 0 Å². The average molecular weight is 223 g/mol. The highest BCUT2D eigenvalue weighted by Crippen LogP contribution is 2.20. The molecule has 0 unspecified atom stereocenters. The fraction of sp³-hybridized carbons (Fsp3) is 0.429. The van der Waals surface area contributed by atoms with Crippen molar-refractivity contribution in [3.05, 3.63) is 47.5 Å². The summed E-state index contributed by atoms with van der Waals surface area (Å²) in [6, 6.07) is 10.8.